The first-order valence-corrected chi connectivity index (χ1v) is 23.9. The standard InChI is InChI=1S/C67H44N2/c1-43-18-35-58-56(44-23-31-54(32-24-44)68(52-14-4-2-5-15-52)62-40-29-50-21-19-46-10-8-12-48-27-36-59(62)66(50)64(46)48)38-39-57(61(58)42-43)45-25-33-55(34-26-45)69(53-16-6-3-7-17-53)63-41-30-51-22-20-47-11-9-13-49-28-37-60(63)67(51)65(47)49/h2-42H,1H3. The van der Waals surface area contributed by atoms with Crippen LogP contribution in [0.15, 0.2) is 249 Å². The molecule has 0 aliphatic heterocycles. The van der Waals surface area contributed by atoms with Gasteiger partial charge < -0.3 is 9.80 Å². The zero-order chi connectivity index (χ0) is 45.6. The zero-order valence-corrected chi connectivity index (χ0v) is 38.1. The number of nitrogens with zero attached hydrogens (tertiary/aromatic N) is 2. The molecule has 14 aromatic carbocycles. The highest BCUT2D eigenvalue weighted by atomic mass is 15.1. The maximum Gasteiger partial charge on any atom is 0.0540 e. The average Bonchev–Trinajstić information content (AvgIpc) is 3.41. The number of aryl methyl sites for hydroxylation is 1. The van der Waals surface area contributed by atoms with Crippen LogP contribution < -0.4 is 9.80 Å². The molecule has 0 radical (unpaired) electrons. The van der Waals surface area contributed by atoms with Crippen molar-refractivity contribution in [3.63, 3.8) is 0 Å². The van der Waals surface area contributed by atoms with Gasteiger partial charge in [0.2, 0.25) is 0 Å². The molecule has 0 amide bonds. The van der Waals surface area contributed by atoms with Gasteiger partial charge in [0.1, 0.15) is 0 Å². The quantitative estimate of drug-likeness (QED) is 0.140. The molecular formula is C67H44N2. The van der Waals surface area contributed by atoms with Crippen molar-refractivity contribution in [1.82, 2.24) is 0 Å². The molecular weight excluding hydrogens is 833 g/mol. The van der Waals surface area contributed by atoms with E-state index in [-0.39, 0.29) is 0 Å². The lowest BCUT2D eigenvalue weighted by atomic mass is 9.91. The highest BCUT2D eigenvalue weighted by Gasteiger charge is 2.21. The Morgan fingerprint density at radius 2 is 0.609 bits per heavy atom. The van der Waals surface area contributed by atoms with E-state index in [1.165, 1.54) is 115 Å². The summed E-state index contributed by atoms with van der Waals surface area (Å²) in [4.78, 5) is 4.82. The van der Waals surface area contributed by atoms with E-state index in [1.54, 1.807) is 0 Å². The third-order valence-electron chi connectivity index (χ3n) is 14.6. The van der Waals surface area contributed by atoms with Crippen molar-refractivity contribution >= 4 is 110 Å². The van der Waals surface area contributed by atoms with Gasteiger partial charge >= 0.3 is 0 Å². The Kier molecular flexibility index (Phi) is 8.84. The Morgan fingerprint density at radius 1 is 0.246 bits per heavy atom. The van der Waals surface area contributed by atoms with Crippen LogP contribution in [-0.2, 0) is 0 Å². The third kappa shape index (κ3) is 6.26. The summed E-state index contributed by atoms with van der Waals surface area (Å²) in [5.74, 6) is 0. The van der Waals surface area contributed by atoms with E-state index in [2.05, 4.69) is 265 Å². The largest absolute Gasteiger partial charge is 0.310 e. The predicted molar refractivity (Wildman–Crippen MR) is 296 cm³/mol. The summed E-state index contributed by atoms with van der Waals surface area (Å²) in [5.41, 5.74) is 12.9. The second kappa shape index (κ2) is 15.6. The van der Waals surface area contributed by atoms with Gasteiger partial charge in [-0.3, -0.25) is 0 Å². The molecule has 0 fully saturated rings. The number of fused-ring (bicyclic) bond motifs is 1. The van der Waals surface area contributed by atoms with Crippen molar-refractivity contribution in [3.05, 3.63) is 254 Å². The summed E-state index contributed by atoms with van der Waals surface area (Å²) < 4.78 is 0. The van der Waals surface area contributed by atoms with Crippen LogP contribution in [0.25, 0.3) is 97.7 Å². The Hall–Kier alpha value is -8.98. The van der Waals surface area contributed by atoms with Gasteiger partial charge in [-0.2, -0.15) is 0 Å². The Bertz CT molecular complexity index is 4200. The maximum absolute atomic E-state index is 2.41. The van der Waals surface area contributed by atoms with Gasteiger partial charge in [0.15, 0.2) is 0 Å². The van der Waals surface area contributed by atoms with Crippen molar-refractivity contribution in [2.24, 2.45) is 0 Å². The smallest absolute Gasteiger partial charge is 0.0540 e. The highest BCUT2D eigenvalue weighted by molar-refractivity contribution is 6.27. The molecule has 0 aromatic heterocycles. The monoisotopic (exact) mass is 876 g/mol. The van der Waals surface area contributed by atoms with Crippen LogP contribution in [0.2, 0.25) is 0 Å². The number of anilines is 6. The Morgan fingerprint density at radius 3 is 1.06 bits per heavy atom. The minimum Gasteiger partial charge on any atom is -0.310 e. The average molecular weight is 877 g/mol. The lowest BCUT2D eigenvalue weighted by Gasteiger charge is -2.28. The molecule has 2 heteroatoms. The van der Waals surface area contributed by atoms with Crippen molar-refractivity contribution in [3.8, 4) is 22.3 Å². The molecule has 0 unspecified atom stereocenters. The summed E-state index contributed by atoms with van der Waals surface area (Å²) in [6.07, 6.45) is 0. The fraction of sp³-hybridized carbons (Fsp3) is 0.0149. The lowest BCUT2D eigenvalue weighted by molar-refractivity contribution is 1.30. The Labute approximate surface area is 400 Å². The van der Waals surface area contributed by atoms with Gasteiger partial charge in [-0.25, -0.2) is 0 Å². The highest BCUT2D eigenvalue weighted by Crippen LogP contribution is 2.47. The molecule has 0 saturated carbocycles. The van der Waals surface area contributed by atoms with E-state index in [0.717, 1.165) is 22.7 Å². The molecule has 0 spiro atoms. The van der Waals surface area contributed by atoms with E-state index in [4.69, 9.17) is 0 Å². The zero-order valence-electron chi connectivity index (χ0n) is 38.1. The van der Waals surface area contributed by atoms with Crippen LogP contribution in [-0.4, -0.2) is 0 Å². The van der Waals surface area contributed by atoms with Crippen molar-refractivity contribution in [1.29, 1.82) is 0 Å². The number of rotatable bonds is 8. The van der Waals surface area contributed by atoms with E-state index in [9.17, 15) is 0 Å². The molecule has 14 aromatic rings. The molecule has 14 rings (SSSR count). The fourth-order valence-corrected chi connectivity index (χ4v) is 11.4. The summed E-state index contributed by atoms with van der Waals surface area (Å²) in [5, 5.41) is 17.9. The van der Waals surface area contributed by atoms with Crippen LogP contribution in [0.5, 0.6) is 0 Å². The van der Waals surface area contributed by atoms with Gasteiger partial charge in [-0.1, -0.05) is 194 Å². The van der Waals surface area contributed by atoms with Crippen LogP contribution in [0, 0.1) is 6.92 Å². The van der Waals surface area contributed by atoms with Crippen molar-refractivity contribution in [2.75, 3.05) is 9.80 Å². The van der Waals surface area contributed by atoms with Crippen molar-refractivity contribution < 1.29 is 0 Å². The first-order valence-electron chi connectivity index (χ1n) is 23.9. The summed E-state index contributed by atoms with van der Waals surface area (Å²) in [6, 6.07) is 91.9. The Balaban J connectivity index is 0.849. The summed E-state index contributed by atoms with van der Waals surface area (Å²) >= 11 is 0. The van der Waals surface area contributed by atoms with E-state index in [0.29, 0.717) is 0 Å². The van der Waals surface area contributed by atoms with Gasteiger partial charge in [0.25, 0.3) is 0 Å². The van der Waals surface area contributed by atoms with Gasteiger partial charge in [-0.05, 0) is 154 Å². The molecule has 0 bridgehead atoms. The van der Waals surface area contributed by atoms with Crippen LogP contribution in [0.1, 0.15) is 5.56 Å². The molecule has 0 atom stereocenters. The molecule has 0 heterocycles. The molecule has 2 nitrogen and oxygen atoms in total. The van der Waals surface area contributed by atoms with Crippen LogP contribution in [0.3, 0.4) is 0 Å². The molecule has 69 heavy (non-hydrogen) atoms. The lowest BCUT2D eigenvalue weighted by Crippen LogP contribution is -2.10. The van der Waals surface area contributed by atoms with Gasteiger partial charge in [-0.15, -0.1) is 0 Å². The maximum atomic E-state index is 2.41. The first kappa shape index (κ1) is 39.2. The fourth-order valence-electron chi connectivity index (χ4n) is 11.4. The van der Waals surface area contributed by atoms with E-state index < -0.39 is 0 Å². The molecule has 0 saturated heterocycles. The van der Waals surface area contributed by atoms with Gasteiger partial charge in [0, 0.05) is 33.5 Å². The summed E-state index contributed by atoms with van der Waals surface area (Å²) in [6.45, 7) is 2.19. The minimum atomic E-state index is 1.11. The van der Waals surface area contributed by atoms with Gasteiger partial charge in [0.05, 0.1) is 11.4 Å². The second-order valence-corrected chi connectivity index (χ2v) is 18.5. The van der Waals surface area contributed by atoms with E-state index in [1.807, 2.05) is 0 Å². The normalized spacial score (nSPS) is 11.8. The topological polar surface area (TPSA) is 6.48 Å². The first-order chi connectivity index (χ1) is 34.1. The molecule has 0 aliphatic carbocycles. The van der Waals surface area contributed by atoms with Crippen molar-refractivity contribution in [2.45, 2.75) is 6.92 Å². The molecule has 0 N–H and O–H groups in total. The third-order valence-corrected chi connectivity index (χ3v) is 14.6. The van der Waals surface area contributed by atoms with E-state index >= 15 is 0 Å². The molecule has 322 valence electrons. The molecule has 0 aliphatic rings. The number of hydrogen-bond donors (Lipinski definition) is 0. The summed E-state index contributed by atoms with van der Waals surface area (Å²) in [7, 11) is 0. The predicted octanol–water partition coefficient (Wildman–Crippen LogP) is 19.2. The number of benzene rings is 14. The minimum absolute atomic E-state index is 1.11. The SMILES string of the molecule is Cc1ccc2c(-c3ccc(N(c4ccccc4)c4ccc5ccc6cccc7ccc4c5c67)cc3)ccc(-c3ccc(N(c4ccccc4)c4ccc5ccc6cccc7ccc4c5c67)cc3)c2c1. The number of hydrogen-bond acceptors (Lipinski definition) is 2. The number of para-hydroxylation sites is 2. The van der Waals surface area contributed by atoms with Crippen LogP contribution in [0.4, 0.5) is 34.1 Å². The van der Waals surface area contributed by atoms with Crippen LogP contribution >= 0.6 is 0 Å². The second-order valence-electron chi connectivity index (χ2n) is 18.5.